The van der Waals surface area contributed by atoms with Crippen LogP contribution in [0.3, 0.4) is 0 Å². The second-order valence-corrected chi connectivity index (χ2v) is 9.15. The van der Waals surface area contributed by atoms with Crippen molar-refractivity contribution in [1.29, 1.82) is 0 Å². The van der Waals surface area contributed by atoms with E-state index in [1.54, 1.807) is 0 Å². The molecule has 3 aliphatic rings. The second-order valence-electron chi connectivity index (χ2n) is 7.57. The topological polar surface area (TPSA) is 77.3 Å². The summed E-state index contributed by atoms with van der Waals surface area (Å²) in [7, 11) is 0. The summed E-state index contributed by atoms with van der Waals surface area (Å²) in [5.74, 6) is 0.284. The number of nitrogens with zero attached hydrogens (tertiary/aromatic N) is 6. The third kappa shape index (κ3) is 1.77. The molecule has 3 aromatic carbocycles. The van der Waals surface area contributed by atoms with Gasteiger partial charge in [0, 0.05) is 11.8 Å². The molecule has 2 bridgehead atoms. The van der Waals surface area contributed by atoms with Crippen LogP contribution in [0.2, 0.25) is 0 Å². The van der Waals surface area contributed by atoms with Crippen molar-refractivity contribution in [2.45, 2.75) is 11.8 Å². The van der Waals surface area contributed by atoms with Crippen LogP contribution in [0.1, 0.15) is 45.2 Å². The van der Waals surface area contributed by atoms with Crippen LogP contribution in [0.4, 0.5) is 0 Å². The molecule has 0 atom stereocenters. The van der Waals surface area contributed by atoms with E-state index in [0.717, 1.165) is 33.1 Å². The Morgan fingerprint density at radius 1 is 0.379 bits per heavy atom. The minimum Gasteiger partial charge on any atom is -0.173 e. The summed E-state index contributed by atoms with van der Waals surface area (Å²) < 4.78 is 27.0. The zero-order valence-electron chi connectivity index (χ0n) is 14.5. The molecular weight excluding hydrogens is 420 g/mol. The van der Waals surface area contributed by atoms with Crippen molar-refractivity contribution < 1.29 is 0 Å². The first-order chi connectivity index (χ1) is 14.3. The quantitative estimate of drug-likeness (QED) is 0.349. The summed E-state index contributed by atoms with van der Waals surface area (Å²) in [5, 5.41) is 0. The predicted octanol–water partition coefficient (Wildman–Crippen LogP) is 4.69. The van der Waals surface area contributed by atoms with Crippen molar-refractivity contribution in [1.82, 2.24) is 26.2 Å². The molecule has 0 fully saturated rings. The van der Waals surface area contributed by atoms with Crippen LogP contribution in [0.25, 0.3) is 33.1 Å². The molecule has 136 valence electrons. The highest BCUT2D eigenvalue weighted by molar-refractivity contribution is 7.00. The largest absolute Gasteiger partial charge is 0.173 e. The SMILES string of the molecule is c1c2c(cc3nsnc13)C1c3cc4nsnc4cc3C2c2cc3nsnc3cc21. The molecule has 0 aliphatic heterocycles. The maximum absolute atomic E-state index is 4.49. The van der Waals surface area contributed by atoms with E-state index >= 15 is 0 Å². The lowest BCUT2D eigenvalue weighted by Crippen LogP contribution is -2.27. The first-order valence-corrected chi connectivity index (χ1v) is 11.3. The summed E-state index contributed by atoms with van der Waals surface area (Å²) in [4.78, 5) is 0. The van der Waals surface area contributed by atoms with Gasteiger partial charge in [-0.3, -0.25) is 0 Å². The standard InChI is InChI=1S/C20H8N6S3/c1-7-8(2-14-13(1)21-27-22-14)20-11-5-17-15(23-28-25-17)3-9(11)19(7)10-4-16-18(6-12(10)20)26-29-24-16/h1-6,19-20H. The lowest BCUT2D eigenvalue weighted by Gasteiger charge is -2.42. The van der Waals surface area contributed by atoms with Crippen molar-refractivity contribution in [3.05, 3.63) is 69.8 Å². The molecule has 0 amide bonds. The monoisotopic (exact) mass is 428 g/mol. The predicted molar refractivity (Wildman–Crippen MR) is 114 cm³/mol. The van der Waals surface area contributed by atoms with Crippen LogP contribution in [-0.4, -0.2) is 26.2 Å². The van der Waals surface area contributed by atoms with E-state index in [4.69, 9.17) is 0 Å². The molecular formula is C20H8N6S3. The van der Waals surface area contributed by atoms with E-state index in [1.807, 2.05) is 0 Å². The molecule has 0 unspecified atom stereocenters. The first kappa shape index (κ1) is 15.0. The van der Waals surface area contributed by atoms with Gasteiger partial charge in [0.15, 0.2) is 0 Å². The second kappa shape index (κ2) is 4.99. The molecule has 0 N–H and O–H groups in total. The summed E-state index contributed by atoms with van der Waals surface area (Å²) >= 11 is 3.82. The van der Waals surface area contributed by atoms with Crippen molar-refractivity contribution in [2.24, 2.45) is 0 Å². The number of fused-ring (bicyclic) bond motifs is 3. The van der Waals surface area contributed by atoms with Gasteiger partial charge >= 0.3 is 0 Å². The fourth-order valence-corrected chi connectivity index (χ4v) is 6.62. The molecule has 6 nitrogen and oxygen atoms in total. The first-order valence-electron chi connectivity index (χ1n) is 9.13. The number of hydrogen-bond acceptors (Lipinski definition) is 9. The molecule has 0 spiro atoms. The Balaban J connectivity index is 1.55. The highest BCUT2D eigenvalue weighted by Gasteiger charge is 2.42. The van der Waals surface area contributed by atoms with E-state index in [0.29, 0.717) is 0 Å². The molecule has 0 saturated carbocycles. The van der Waals surface area contributed by atoms with Crippen molar-refractivity contribution in [3.8, 4) is 0 Å². The van der Waals surface area contributed by atoms with Crippen molar-refractivity contribution in [3.63, 3.8) is 0 Å². The minimum atomic E-state index is 0.142. The minimum absolute atomic E-state index is 0.142. The summed E-state index contributed by atoms with van der Waals surface area (Å²) in [6.07, 6.45) is 0. The van der Waals surface area contributed by atoms with E-state index in [-0.39, 0.29) is 11.8 Å². The molecule has 3 aliphatic carbocycles. The van der Waals surface area contributed by atoms with Gasteiger partial charge in [-0.15, -0.1) is 0 Å². The summed E-state index contributed by atoms with van der Waals surface area (Å²) in [6.45, 7) is 0. The smallest absolute Gasteiger partial charge is 0.105 e. The van der Waals surface area contributed by atoms with E-state index in [2.05, 4.69) is 62.6 Å². The van der Waals surface area contributed by atoms with Gasteiger partial charge in [-0.05, 0) is 69.8 Å². The third-order valence-corrected chi connectivity index (χ3v) is 7.91. The van der Waals surface area contributed by atoms with Crippen LogP contribution in [-0.2, 0) is 0 Å². The van der Waals surface area contributed by atoms with Gasteiger partial charge in [0.25, 0.3) is 0 Å². The van der Waals surface area contributed by atoms with Crippen LogP contribution >= 0.6 is 35.2 Å². The molecule has 0 saturated heterocycles. The van der Waals surface area contributed by atoms with Gasteiger partial charge < -0.3 is 0 Å². The maximum atomic E-state index is 4.49. The van der Waals surface area contributed by atoms with Gasteiger partial charge in [-0.2, -0.15) is 26.2 Å². The fraction of sp³-hybridized carbons (Fsp3) is 0.100. The van der Waals surface area contributed by atoms with Gasteiger partial charge in [0.2, 0.25) is 0 Å². The Morgan fingerprint density at radius 3 is 0.793 bits per heavy atom. The Morgan fingerprint density at radius 2 is 0.586 bits per heavy atom. The third-order valence-electron chi connectivity index (χ3n) is 6.24. The maximum Gasteiger partial charge on any atom is 0.105 e. The fourth-order valence-electron chi connectivity index (χ4n) is 5.10. The summed E-state index contributed by atoms with van der Waals surface area (Å²) in [5.41, 5.74) is 13.7. The Bertz CT molecular complexity index is 1340. The van der Waals surface area contributed by atoms with Crippen LogP contribution in [0.5, 0.6) is 0 Å². The Hall–Kier alpha value is -2.88. The van der Waals surface area contributed by atoms with Gasteiger partial charge in [0.05, 0.1) is 35.2 Å². The highest BCUT2D eigenvalue weighted by Crippen LogP contribution is 2.57. The molecule has 9 heteroatoms. The zero-order chi connectivity index (χ0) is 18.7. The number of rotatable bonds is 0. The lowest BCUT2D eigenvalue weighted by atomic mass is 9.61. The van der Waals surface area contributed by atoms with Crippen LogP contribution in [0.15, 0.2) is 36.4 Å². The van der Waals surface area contributed by atoms with Gasteiger partial charge in [-0.25, -0.2) is 0 Å². The van der Waals surface area contributed by atoms with Crippen molar-refractivity contribution >= 4 is 68.3 Å². The summed E-state index contributed by atoms with van der Waals surface area (Å²) in [6, 6.07) is 13.4. The number of benzene rings is 3. The molecule has 6 aromatic rings. The average Bonchev–Trinajstić information content (AvgIpc) is 3.47. The van der Waals surface area contributed by atoms with Gasteiger partial charge in [0.1, 0.15) is 33.1 Å². The van der Waals surface area contributed by atoms with E-state index in [1.165, 1.54) is 68.6 Å². The van der Waals surface area contributed by atoms with Gasteiger partial charge in [-0.1, -0.05) is 0 Å². The van der Waals surface area contributed by atoms with Crippen molar-refractivity contribution in [2.75, 3.05) is 0 Å². The lowest BCUT2D eigenvalue weighted by molar-refractivity contribution is 0.760. The van der Waals surface area contributed by atoms with E-state index < -0.39 is 0 Å². The highest BCUT2D eigenvalue weighted by atomic mass is 32.1. The molecule has 3 heterocycles. The molecule has 9 rings (SSSR count). The Kier molecular flexibility index (Phi) is 2.59. The normalized spacial score (nSPS) is 19.0. The Labute approximate surface area is 175 Å². The van der Waals surface area contributed by atoms with Crippen LogP contribution in [0, 0.1) is 0 Å². The van der Waals surface area contributed by atoms with Crippen LogP contribution < -0.4 is 0 Å². The molecule has 29 heavy (non-hydrogen) atoms. The average molecular weight is 429 g/mol. The molecule has 3 aromatic heterocycles. The molecule has 0 radical (unpaired) electrons. The van der Waals surface area contributed by atoms with E-state index in [9.17, 15) is 0 Å². The number of aromatic nitrogens is 6. The zero-order valence-corrected chi connectivity index (χ0v) is 17.0. The number of hydrogen-bond donors (Lipinski definition) is 0.